The van der Waals surface area contributed by atoms with Gasteiger partial charge in [-0.1, -0.05) is 27.7 Å². The van der Waals surface area contributed by atoms with Crippen LogP contribution in [0.2, 0.25) is 18.1 Å². The van der Waals surface area contributed by atoms with E-state index >= 15 is 0 Å². The Kier molecular flexibility index (Phi) is 9.04. The summed E-state index contributed by atoms with van der Waals surface area (Å²) in [5, 5.41) is 0.176. The number of hydrogen-bond acceptors (Lipinski definition) is 6. The number of aromatic nitrogens is 2. The summed E-state index contributed by atoms with van der Waals surface area (Å²) in [5.41, 5.74) is 5.46. The molecular formula is C37H54N5O5Si+. The molecule has 1 aromatic heterocycles. The maximum atomic E-state index is 14.1. The van der Waals surface area contributed by atoms with Crippen molar-refractivity contribution in [3.05, 3.63) is 46.9 Å². The van der Waals surface area contributed by atoms with Gasteiger partial charge in [-0.25, -0.2) is 4.98 Å². The fraction of sp³-hybridized carbons (Fsp3) is 0.622. The number of piperazine rings is 1. The lowest BCUT2D eigenvalue weighted by Gasteiger charge is -2.44. The summed E-state index contributed by atoms with van der Waals surface area (Å²) in [5.74, 6) is 0.519. The molecule has 2 aliphatic carbocycles. The first-order valence-corrected chi connectivity index (χ1v) is 20.7. The molecule has 0 radical (unpaired) electrons. The number of rotatable bonds is 7. The summed E-state index contributed by atoms with van der Waals surface area (Å²) in [6, 6.07) is 4.50. The number of quaternary nitrogens is 1. The molecule has 10 nitrogen and oxygen atoms in total. The van der Waals surface area contributed by atoms with Crippen LogP contribution in [0.25, 0.3) is 16.7 Å². The zero-order valence-corrected chi connectivity index (χ0v) is 31.4. The lowest BCUT2D eigenvalue weighted by Crippen LogP contribution is -2.56. The highest BCUT2D eigenvalue weighted by molar-refractivity contribution is 6.74. The summed E-state index contributed by atoms with van der Waals surface area (Å²) < 4.78 is 13.7. The molecule has 2 aliphatic heterocycles. The predicted molar refractivity (Wildman–Crippen MR) is 190 cm³/mol. The number of methoxy groups -OCH3 is 1. The van der Waals surface area contributed by atoms with Crippen LogP contribution in [0.4, 0.5) is 4.79 Å². The van der Waals surface area contributed by atoms with Crippen LogP contribution in [0.3, 0.4) is 0 Å². The van der Waals surface area contributed by atoms with Crippen molar-refractivity contribution >= 4 is 43.0 Å². The van der Waals surface area contributed by atoms with E-state index in [1.807, 2.05) is 35.8 Å². The zero-order chi connectivity index (χ0) is 34.8. The Hall–Kier alpha value is -3.28. The molecule has 11 heteroatoms. The summed E-state index contributed by atoms with van der Waals surface area (Å²) in [6.07, 6.45) is 10.5. The van der Waals surface area contributed by atoms with Gasteiger partial charge in [0.1, 0.15) is 18.3 Å². The monoisotopic (exact) mass is 676 g/mol. The number of benzene rings is 1. The van der Waals surface area contributed by atoms with Gasteiger partial charge in [-0.05, 0) is 86.7 Å². The Labute approximate surface area is 286 Å². The minimum atomic E-state index is -1.84. The number of carbonyl (C=O) groups excluding carboxylic acids is 3. The van der Waals surface area contributed by atoms with Crippen LogP contribution in [-0.2, 0) is 21.0 Å². The molecule has 4 aliphatic rings. The molecule has 2 saturated carbocycles. The summed E-state index contributed by atoms with van der Waals surface area (Å²) in [6.45, 7) is 14.6. The molecule has 1 saturated heterocycles. The molecule has 1 unspecified atom stereocenters. The van der Waals surface area contributed by atoms with E-state index in [1.54, 1.807) is 4.90 Å². The van der Waals surface area contributed by atoms with Gasteiger partial charge in [-0.2, -0.15) is 9.28 Å². The smallest absolute Gasteiger partial charge is 0.423 e. The largest absolute Gasteiger partial charge is 0.525 e. The number of fused-ring (bicyclic) bond motifs is 1. The average molecular weight is 677 g/mol. The fourth-order valence-electron chi connectivity index (χ4n) is 7.53. The first-order valence-electron chi connectivity index (χ1n) is 17.7. The van der Waals surface area contributed by atoms with Crippen LogP contribution < -0.4 is 0 Å². The maximum absolute atomic E-state index is 14.1. The zero-order valence-electron chi connectivity index (χ0n) is 30.4. The Morgan fingerprint density at radius 1 is 1.06 bits per heavy atom. The topological polar surface area (TPSA) is 94.0 Å². The average Bonchev–Trinajstić information content (AvgIpc) is 3.77. The molecule has 0 bridgehead atoms. The highest BCUT2D eigenvalue weighted by Gasteiger charge is 2.45. The molecule has 1 aromatic carbocycles. The second-order valence-corrected chi connectivity index (χ2v) is 20.7. The van der Waals surface area contributed by atoms with Gasteiger partial charge >= 0.3 is 6.09 Å². The number of aryl methyl sites for hydroxylation is 1. The standard InChI is InChI=1S/C37H54N5O5Si/c1-10-24-17-20-42(6,36(45)46-7)33(24)29-21-26(25-11-12-25)22-30-32(29)38-34(39(30)5)35(44)40-18-19-41(31(43)23-40)27-13-15-28(16-14-27)47-48(8,9)37(2,3)4/h17,20-22,25,27-28H,10-16,18-19,23H2,1-9H3/q+1/t27-,28-,42?. The number of hydrogen-bond donors (Lipinski definition) is 0. The Bertz CT molecular complexity index is 1690. The SMILES string of the molecule is CCC1=C(c2cc(C3CC3)cc3c2nc(C(=O)N2CCN([C@H]4CC[C@H](O[Si](C)(C)C(C)(C)C)CC4)C(=O)C2)n3C)[N+](C)(C(=O)OC)C=C1. The second kappa shape index (κ2) is 12.6. The number of carbonyl (C=O) groups is 3. The van der Waals surface area contributed by atoms with E-state index in [1.165, 1.54) is 12.7 Å². The van der Waals surface area contributed by atoms with Crippen molar-refractivity contribution in [2.24, 2.45) is 7.05 Å². The molecule has 0 N–H and O–H groups in total. The predicted octanol–water partition coefficient (Wildman–Crippen LogP) is 6.93. The second-order valence-electron chi connectivity index (χ2n) is 15.9. The van der Waals surface area contributed by atoms with E-state index in [-0.39, 0.29) is 46.1 Å². The van der Waals surface area contributed by atoms with Gasteiger partial charge in [-0.3, -0.25) is 9.59 Å². The van der Waals surface area contributed by atoms with Crippen molar-refractivity contribution in [2.45, 2.75) is 109 Å². The van der Waals surface area contributed by atoms with Gasteiger partial charge in [0.15, 0.2) is 19.8 Å². The fourth-order valence-corrected chi connectivity index (χ4v) is 8.95. The summed E-state index contributed by atoms with van der Waals surface area (Å²) in [4.78, 5) is 49.4. The van der Waals surface area contributed by atoms with Crippen LogP contribution >= 0.6 is 0 Å². The van der Waals surface area contributed by atoms with Crippen molar-refractivity contribution in [1.82, 2.24) is 19.4 Å². The van der Waals surface area contributed by atoms with Crippen molar-refractivity contribution in [3.8, 4) is 0 Å². The van der Waals surface area contributed by atoms with Crippen LogP contribution in [0, 0.1) is 0 Å². The lowest BCUT2D eigenvalue weighted by atomic mass is 9.91. The number of imidazole rings is 1. The molecule has 0 spiro atoms. The number of ether oxygens (including phenoxy) is 1. The van der Waals surface area contributed by atoms with E-state index in [2.05, 4.69) is 52.9 Å². The third-order valence-electron chi connectivity index (χ3n) is 11.7. The van der Waals surface area contributed by atoms with Crippen molar-refractivity contribution < 1.29 is 28.0 Å². The van der Waals surface area contributed by atoms with E-state index in [4.69, 9.17) is 14.1 Å². The van der Waals surface area contributed by atoms with Gasteiger partial charge < -0.3 is 23.5 Å². The highest BCUT2D eigenvalue weighted by atomic mass is 28.4. The molecule has 48 heavy (non-hydrogen) atoms. The van der Waals surface area contributed by atoms with Gasteiger partial charge in [0.25, 0.3) is 5.91 Å². The first-order chi connectivity index (χ1) is 22.6. The Balaban J connectivity index is 1.22. The molecule has 1 atom stereocenters. The van der Waals surface area contributed by atoms with Crippen molar-refractivity contribution in [2.75, 3.05) is 33.8 Å². The molecule has 2 aromatic rings. The van der Waals surface area contributed by atoms with Crippen molar-refractivity contribution in [3.63, 3.8) is 0 Å². The van der Waals surface area contributed by atoms with E-state index in [0.717, 1.165) is 67.3 Å². The number of allylic oxidation sites excluding steroid dienone is 2. The van der Waals surface area contributed by atoms with Crippen LogP contribution in [0.15, 0.2) is 30.0 Å². The van der Waals surface area contributed by atoms with Gasteiger partial charge in [0.05, 0.1) is 25.2 Å². The molecule has 3 heterocycles. The Morgan fingerprint density at radius 2 is 1.75 bits per heavy atom. The first kappa shape index (κ1) is 34.6. The van der Waals surface area contributed by atoms with Crippen molar-refractivity contribution in [1.29, 1.82) is 0 Å². The number of nitrogens with zero attached hydrogens (tertiary/aromatic N) is 5. The number of amides is 3. The highest BCUT2D eigenvalue weighted by Crippen LogP contribution is 2.46. The van der Waals surface area contributed by atoms with Crippen LogP contribution in [-0.4, -0.2) is 96.0 Å². The summed E-state index contributed by atoms with van der Waals surface area (Å²) >= 11 is 0. The van der Waals surface area contributed by atoms with Gasteiger partial charge in [0.2, 0.25) is 5.91 Å². The third kappa shape index (κ3) is 6.06. The van der Waals surface area contributed by atoms with E-state index in [0.29, 0.717) is 30.3 Å². The van der Waals surface area contributed by atoms with Crippen LogP contribution in [0.5, 0.6) is 0 Å². The van der Waals surface area contributed by atoms with E-state index in [9.17, 15) is 14.4 Å². The normalized spacial score (nSPS) is 25.4. The lowest BCUT2D eigenvalue weighted by molar-refractivity contribution is -0.704. The molecule has 3 amide bonds. The summed E-state index contributed by atoms with van der Waals surface area (Å²) in [7, 11) is 3.29. The van der Waals surface area contributed by atoms with Gasteiger partial charge in [-0.15, -0.1) is 0 Å². The minimum Gasteiger partial charge on any atom is -0.423 e. The van der Waals surface area contributed by atoms with Gasteiger partial charge in [0, 0.05) is 43.9 Å². The molecule has 3 fully saturated rings. The van der Waals surface area contributed by atoms with E-state index < -0.39 is 8.32 Å². The maximum Gasteiger partial charge on any atom is 0.525 e. The molecule has 260 valence electrons. The minimum absolute atomic E-state index is 0.000226. The third-order valence-corrected chi connectivity index (χ3v) is 16.2. The quantitative estimate of drug-likeness (QED) is 0.233. The van der Waals surface area contributed by atoms with Crippen LogP contribution in [0.1, 0.15) is 100 Å². The Morgan fingerprint density at radius 3 is 2.33 bits per heavy atom. The molecule has 6 rings (SSSR count). The molecular weight excluding hydrogens is 623 g/mol.